The number of carbonyl (C=O) groups excluding carboxylic acids is 1. The molecule has 0 radical (unpaired) electrons. The van der Waals surface area contributed by atoms with Gasteiger partial charge < -0.3 is 14.2 Å². The van der Waals surface area contributed by atoms with Crippen LogP contribution in [-0.2, 0) is 4.74 Å². The van der Waals surface area contributed by atoms with Crippen molar-refractivity contribution in [3.63, 3.8) is 0 Å². The highest BCUT2D eigenvalue weighted by molar-refractivity contribution is 6.33. The summed E-state index contributed by atoms with van der Waals surface area (Å²) in [7, 11) is 1.34. The van der Waals surface area contributed by atoms with Crippen molar-refractivity contribution in [2.75, 3.05) is 13.9 Å². The first-order chi connectivity index (χ1) is 9.69. The van der Waals surface area contributed by atoms with E-state index in [1.54, 1.807) is 18.2 Å². The van der Waals surface area contributed by atoms with Crippen molar-refractivity contribution in [2.24, 2.45) is 0 Å². The first-order valence-corrected chi connectivity index (χ1v) is 6.35. The molecule has 2 aromatic rings. The van der Waals surface area contributed by atoms with Crippen LogP contribution in [0.5, 0.6) is 11.5 Å². The van der Waals surface area contributed by atoms with Gasteiger partial charge in [0.25, 0.3) is 0 Å². The van der Waals surface area contributed by atoms with Crippen LogP contribution in [0.15, 0.2) is 36.4 Å². The first kappa shape index (κ1) is 12.8. The maximum atomic E-state index is 11.6. The SMILES string of the molecule is COC(=O)c1ccc(Cl)c(-c2ccc3c(c2)OCO3)c1. The molecule has 5 heteroatoms. The molecule has 102 valence electrons. The average Bonchev–Trinajstić information content (AvgIpc) is 2.94. The lowest BCUT2D eigenvalue weighted by molar-refractivity contribution is 0.0601. The van der Waals surface area contributed by atoms with E-state index >= 15 is 0 Å². The third-order valence-electron chi connectivity index (χ3n) is 3.07. The van der Waals surface area contributed by atoms with Crippen LogP contribution in [-0.4, -0.2) is 19.9 Å². The number of hydrogen-bond donors (Lipinski definition) is 0. The monoisotopic (exact) mass is 290 g/mol. The zero-order valence-electron chi connectivity index (χ0n) is 10.7. The number of halogens is 1. The van der Waals surface area contributed by atoms with Crippen molar-refractivity contribution in [1.29, 1.82) is 0 Å². The molecule has 0 spiro atoms. The second-order valence-corrected chi connectivity index (χ2v) is 4.66. The van der Waals surface area contributed by atoms with Gasteiger partial charge in [0.05, 0.1) is 12.7 Å². The fourth-order valence-electron chi connectivity index (χ4n) is 2.06. The Kier molecular flexibility index (Phi) is 3.24. The Balaban J connectivity index is 2.07. The lowest BCUT2D eigenvalue weighted by Gasteiger charge is -2.08. The summed E-state index contributed by atoms with van der Waals surface area (Å²) in [5, 5.41) is 0.552. The molecule has 0 saturated heterocycles. The van der Waals surface area contributed by atoms with Crippen molar-refractivity contribution in [1.82, 2.24) is 0 Å². The van der Waals surface area contributed by atoms with Crippen LogP contribution < -0.4 is 9.47 Å². The van der Waals surface area contributed by atoms with Crippen LogP contribution in [0.25, 0.3) is 11.1 Å². The summed E-state index contributed by atoms with van der Waals surface area (Å²) in [4.78, 5) is 11.6. The molecule has 1 heterocycles. The van der Waals surface area contributed by atoms with Crippen LogP contribution in [0.4, 0.5) is 0 Å². The normalized spacial score (nSPS) is 12.3. The molecule has 0 amide bonds. The van der Waals surface area contributed by atoms with Gasteiger partial charge in [0.15, 0.2) is 11.5 Å². The number of ether oxygens (including phenoxy) is 3. The van der Waals surface area contributed by atoms with Gasteiger partial charge >= 0.3 is 5.97 Å². The van der Waals surface area contributed by atoms with Crippen molar-refractivity contribution in [3.05, 3.63) is 47.0 Å². The first-order valence-electron chi connectivity index (χ1n) is 5.97. The predicted molar refractivity (Wildman–Crippen MR) is 74.4 cm³/mol. The van der Waals surface area contributed by atoms with E-state index in [2.05, 4.69) is 0 Å². The topological polar surface area (TPSA) is 44.8 Å². The van der Waals surface area contributed by atoms with Gasteiger partial charge in [-0.15, -0.1) is 0 Å². The molecule has 0 aromatic heterocycles. The van der Waals surface area contributed by atoms with Crippen LogP contribution in [0.2, 0.25) is 5.02 Å². The Labute approximate surface area is 120 Å². The molecule has 0 atom stereocenters. The Hall–Kier alpha value is -2.20. The van der Waals surface area contributed by atoms with Gasteiger partial charge in [-0.3, -0.25) is 0 Å². The van der Waals surface area contributed by atoms with E-state index in [9.17, 15) is 4.79 Å². The minimum Gasteiger partial charge on any atom is -0.465 e. The van der Waals surface area contributed by atoms with E-state index in [0.717, 1.165) is 11.1 Å². The Morgan fingerprint density at radius 2 is 1.95 bits per heavy atom. The van der Waals surface area contributed by atoms with Gasteiger partial charge in [-0.1, -0.05) is 17.7 Å². The number of methoxy groups -OCH3 is 1. The summed E-state index contributed by atoms with van der Waals surface area (Å²) >= 11 is 6.21. The minimum atomic E-state index is -0.399. The van der Waals surface area contributed by atoms with Gasteiger partial charge in [0.2, 0.25) is 6.79 Å². The van der Waals surface area contributed by atoms with Crippen molar-refractivity contribution < 1.29 is 19.0 Å². The van der Waals surface area contributed by atoms with Gasteiger partial charge in [0, 0.05) is 10.6 Å². The molecule has 0 bridgehead atoms. The summed E-state index contributed by atoms with van der Waals surface area (Å²) in [6.07, 6.45) is 0. The van der Waals surface area contributed by atoms with Crippen LogP contribution in [0.3, 0.4) is 0 Å². The maximum Gasteiger partial charge on any atom is 0.337 e. The number of hydrogen-bond acceptors (Lipinski definition) is 4. The highest BCUT2D eigenvalue weighted by Gasteiger charge is 2.16. The predicted octanol–water partition coefficient (Wildman–Crippen LogP) is 3.52. The number of fused-ring (bicyclic) bond motifs is 1. The highest BCUT2D eigenvalue weighted by atomic mass is 35.5. The van der Waals surface area contributed by atoms with E-state index in [4.69, 9.17) is 25.8 Å². The second kappa shape index (κ2) is 5.06. The fraction of sp³-hybridized carbons (Fsp3) is 0.133. The molecule has 1 aliphatic heterocycles. The van der Waals surface area contributed by atoms with Crippen molar-refractivity contribution in [3.8, 4) is 22.6 Å². The van der Waals surface area contributed by atoms with Crippen LogP contribution in [0, 0.1) is 0 Å². The maximum absolute atomic E-state index is 11.6. The smallest absolute Gasteiger partial charge is 0.337 e. The number of carbonyl (C=O) groups is 1. The van der Waals surface area contributed by atoms with E-state index in [1.165, 1.54) is 7.11 Å². The third kappa shape index (κ3) is 2.18. The Morgan fingerprint density at radius 1 is 1.15 bits per heavy atom. The van der Waals surface area contributed by atoms with Gasteiger partial charge in [-0.2, -0.15) is 0 Å². The molecule has 0 N–H and O–H groups in total. The van der Waals surface area contributed by atoms with E-state index in [0.29, 0.717) is 22.1 Å². The molecular formula is C15H11ClO4. The Morgan fingerprint density at radius 3 is 2.75 bits per heavy atom. The molecule has 0 unspecified atom stereocenters. The second-order valence-electron chi connectivity index (χ2n) is 4.25. The number of benzene rings is 2. The van der Waals surface area contributed by atoms with Crippen molar-refractivity contribution in [2.45, 2.75) is 0 Å². The lowest BCUT2D eigenvalue weighted by atomic mass is 10.0. The number of rotatable bonds is 2. The van der Waals surface area contributed by atoms with Crippen molar-refractivity contribution >= 4 is 17.6 Å². The molecule has 0 aliphatic carbocycles. The van der Waals surface area contributed by atoms with E-state index in [1.807, 2.05) is 18.2 Å². The molecular weight excluding hydrogens is 280 g/mol. The Bertz CT molecular complexity index is 682. The molecule has 4 nitrogen and oxygen atoms in total. The van der Waals surface area contributed by atoms with Gasteiger partial charge in [-0.05, 0) is 35.9 Å². The fourth-order valence-corrected chi connectivity index (χ4v) is 2.28. The summed E-state index contributed by atoms with van der Waals surface area (Å²) in [6, 6.07) is 10.5. The van der Waals surface area contributed by atoms with Crippen LogP contribution in [0.1, 0.15) is 10.4 Å². The van der Waals surface area contributed by atoms with Crippen LogP contribution >= 0.6 is 11.6 Å². The summed E-state index contributed by atoms with van der Waals surface area (Å²) in [6.45, 7) is 0.217. The molecule has 1 aliphatic rings. The standard InChI is InChI=1S/C15H11ClO4/c1-18-15(17)10-2-4-12(16)11(6-10)9-3-5-13-14(7-9)20-8-19-13/h2-7H,8H2,1H3. The largest absolute Gasteiger partial charge is 0.465 e. The molecule has 2 aromatic carbocycles. The average molecular weight is 291 g/mol. The summed E-state index contributed by atoms with van der Waals surface area (Å²) in [5.41, 5.74) is 2.04. The highest BCUT2D eigenvalue weighted by Crippen LogP contribution is 2.38. The third-order valence-corrected chi connectivity index (χ3v) is 3.40. The van der Waals surface area contributed by atoms with E-state index < -0.39 is 5.97 Å². The summed E-state index contributed by atoms with van der Waals surface area (Å²) in [5.74, 6) is 0.972. The number of esters is 1. The molecule has 0 fully saturated rings. The lowest BCUT2D eigenvalue weighted by Crippen LogP contribution is -2.01. The molecule has 3 rings (SSSR count). The van der Waals surface area contributed by atoms with E-state index in [-0.39, 0.29) is 6.79 Å². The summed E-state index contributed by atoms with van der Waals surface area (Å²) < 4.78 is 15.3. The minimum absolute atomic E-state index is 0.217. The quantitative estimate of drug-likeness (QED) is 0.794. The molecule has 0 saturated carbocycles. The molecule has 20 heavy (non-hydrogen) atoms. The zero-order chi connectivity index (χ0) is 14.1. The zero-order valence-corrected chi connectivity index (χ0v) is 11.4. The van der Waals surface area contributed by atoms with Gasteiger partial charge in [-0.25, -0.2) is 4.79 Å². The van der Waals surface area contributed by atoms with Gasteiger partial charge in [0.1, 0.15) is 0 Å².